The maximum atomic E-state index is 12.2. The molecule has 0 atom stereocenters. The number of hydrogen-bond acceptors (Lipinski definition) is 3. The highest BCUT2D eigenvalue weighted by Gasteiger charge is 2.35. The van der Waals surface area contributed by atoms with Crippen molar-refractivity contribution in [3.8, 4) is 11.4 Å². The van der Waals surface area contributed by atoms with Gasteiger partial charge < -0.3 is 4.98 Å². The van der Waals surface area contributed by atoms with Crippen LogP contribution in [-0.2, 0) is 6.18 Å². The molecule has 2 aromatic rings. The molecule has 0 fully saturated rings. The smallest absolute Gasteiger partial charge is 0.329 e. The van der Waals surface area contributed by atoms with Crippen LogP contribution in [0.15, 0.2) is 23.1 Å². The normalized spacial score (nSPS) is 11.7. The highest BCUT2D eigenvalue weighted by Crippen LogP contribution is 2.27. The molecule has 0 aliphatic rings. The van der Waals surface area contributed by atoms with Crippen molar-refractivity contribution in [1.82, 2.24) is 20.2 Å². The predicted molar refractivity (Wildman–Crippen MR) is 47.4 cm³/mol. The molecule has 0 aromatic carbocycles. The maximum Gasteiger partial charge on any atom is 0.451 e. The molecule has 5 nitrogen and oxygen atoms in total. The molecule has 0 unspecified atom stereocenters. The quantitative estimate of drug-likeness (QED) is 0.772. The van der Waals surface area contributed by atoms with E-state index in [0.29, 0.717) is 0 Å². The van der Waals surface area contributed by atoms with Crippen LogP contribution in [0.25, 0.3) is 11.4 Å². The largest absolute Gasteiger partial charge is 0.451 e. The minimum atomic E-state index is -4.58. The Morgan fingerprint density at radius 1 is 1.31 bits per heavy atom. The van der Waals surface area contributed by atoms with E-state index >= 15 is 0 Å². The van der Waals surface area contributed by atoms with Crippen molar-refractivity contribution in [1.29, 1.82) is 0 Å². The molecule has 84 valence electrons. The number of rotatable bonds is 1. The third-order valence-electron chi connectivity index (χ3n) is 1.79. The van der Waals surface area contributed by atoms with Gasteiger partial charge in [0.2, 0.25) is 11.4 Å². The highest BCUT2D eigenvalue weighted by atomic mass is 19.4. The molecule has 0 saturated carbocycles. The Hall–Kier alpha value is -2.12. The van der Waals surface area contributed by atoms with Crippen molar-refractivity contribution in [3.63, 3.8) is 0 Å². The van der Waals surface area contributed by atoms with Crippen LogP contribution in [0.4, 0.5) is 13.2 Å². The summed E-state index contributed by atoms with van der Waals surface area (Å²) >= 11 is 0. The van der Waals surface area contributed by atoms with Crippen LogP contribution in [0.3, 0.4) is 0 Å². The van der Waals surface area contributed by atoms with Crippen LogP contribution in [0.5, 0.6) is 0 Å². The van der Waals surface area contributed by atoms with E-state index < -0.39 is 17.6 Å². The number of nitrogens with one attached hydrogen (secondary N) is 2. The number of aromatic nitrogens is 4. The van der Waals surface area contributed by atoms with Crippen LogP contribution in [0.1, 0.15) is 5.82 Å². The van der Waals surface area contributed by atoms with Gasteiger partial charge in [0.05, 0.1) is 0 Å². The van der Waals surface area contributed by atoms with E-state index in [1.165, 1.54) is 12.3 Å². The number of alkyl halides is 3. The average molecular weight is 230 g/mol. The fourth-order valence-electron chi connectivity index (χ4n) is 1.10. The summed E-state index contributed by atoms with van der Waals surface area (Å²) in [6.07, 6.45) is -3.27. The van der Waals surface area contributed by atoms with Gasteiger partial charge in [0, 0.05) is 17.8 Å². The SMILES string of the molecule is O=c1cc(-c2n[nH]c(C(F)(F)F)n2)cc[nH]1. The second kappa shape index (κ2) is 3.47. The van der Waals surface area contributed by atoms with Crippen molar-refractivity contribution in [2.24, 2.45) is 0 Å². The zero-order valence-electron chi connectivity index (χ0n) is 7.67. The lowest BCUT2D eigenvalue weighted by molar-refractivity contribution is -0.144. The van der Waals surface area contributed by atoms with Crippen molar-refractivity contribution in [2.45, 2.75) is 6.18 Å². The lowest BCUT2D eigenvalue weighted by Gasteiger charge is -1.98. The van der Waals surface area contributed by atoms with E-state index in [1.54, 1.807) is 5.10 Å². The Kier molecular flexibility index (Phi) is 2.26. The first-order valence-corrected chi connectivity index (χ1v) is 4.15. The van der Waals surface area contributed by atoms with Gasteiger partial charge in [0.25, 0.3) is 0 Å². The summed E-state index contributed by atoms with van der Waals surface area (Å²) < 4.78 is 36.6. The highest BCUT2D eigenvalue weighted by molar-refractivity contribution is 5.52. The first-order valence-electron chi connectivity index (χ1n) is 4.15. The van der Waals surface area contributed by atoms with Gasteiger partial charge >= 0.3 is 6.18 Å². The number of pyridine rings is 1. The molecule has 0 bridgehead atoms. The molecule has 0 radical (unpaired) electrons. The Morgan fingerprint density at radius 2 is 2.06 bits per heavy atom. The zero-order chi connectivity index (χ0) is 11.8. The Morgan fingerprint density at radius 3 is 2.62 bits per heavy atom. The van der Waals surface area contributed by atoms with Gasteiger partial charge in [-0.05, 0) is 6.07 Å². The van der Waals surface area contributed by atoms with E-state index in [2.05, 4.69) is 15.1 Å². The number of nitrogens with zero attached hydrogens (tertiary/aromatic N) is 2. The molecule has 2 N–H and O–H groups in total. The molecule has 0 aliphatic heterocycles. The summed E-state index contributed by atoms with van der Waals surface area (Å²) in [6, 6.07) is 2.52. The second-order valence-electron chi connectivity index (χ2n) is 2.95. The van der Waals surface area contributed by atoms with Gasteiger partial charge in [0.1, 0.15) is 0 Å². The summed E-state index contributed by atoms with van der Waals surface area (Å²) in [4.78, 5) is 16.5. The van der Waals surface area contributed by atoms with Gasteiger partial charge in [-0.2, -0.15) is 18.3 Å². The molecule has 0 amide bonds. The second-order valence-corrected chi connectivity index (χ2v) is 2.95. The van der Waals surface area contributed by atoms with Crippen LogP contribution < -0.4 is 5.56 Å². The molecular weight excluding hydrogens is 225 g/mol. The van der Waals surface area contributed by atoms with Crippen molar-refractivity contribution >= 4 is 0 Å². The van der Waals surface area contributed by atoms with E-state index in [-0.39, 0.29) is 11.4 Å². The molecule has 2 aromatic heterocycles. The van der Waals surface area contributed by atoms with Gasteiger partial charge in [-0.15, -0.1) is 0 Å². The van der Waals surface area contributed by atoms with E-state index in [0.717, 1.165) is 6.07 Å². The summed E-state index contributed by atoms with van der Waals surface area (Å²) in [5.41, 5.74) is -0.216. The third kappa shape index (κ3) is 1.95. The van der Waals surface area contributed by atoms with Crippen LogP contribution in [-0.4, -0.2) is 20.2 Å². The Labute approximate surface area is 86.3 Å². The van der Waals surface area contributed by atoms with E-state index in [9.17, 15) is 18.0 Å². The average Bonchev–Trinajstić information content (AvgIpc) is 2.65. The van der Waals surface area contributed by atoms with Crippen molar-refractivity contribution in [2.75, 3.05) is 0 Å². The molecule has 2 rings (SSSR count). The molecule has 0 aliphatic carbocycles. The number of H-pyrrole nitrogens is 2. The molecule has 8 heteroatoms. The van der Waals surface area contributed by atoms with Gasteiger partial charge in [-0.1, -0.05) is 0 Å². The standard InChI is InChI=1S/C8H5F3N4O/c9-8(10,11)7-13-6(14-15-7)4-1-2-12-5(16)3-4/h1-3H,(H,12,16)(H,13,14,15). The first kappa shape index (κ1) is 10.4. The van der Waals surface area contributed by atoms with Crippen LogP contribution >= 0.6 is 0 Å². The fourth-order valence-corrected chi connectivity index (χ4v) is 1.10. The fraction of sp³-hybridized carbons (Fsp3) is 0.125. The molecule has 16 heavy (non-hydrogen) atoms. The lowest BCUT2D eigenvalue weighted by Crippen LogP contribution is -2.07. The minimum Gasteiger partial charge on any atom is -0.329 e. The van der Waals surface area contributed by atoms with Gasteiger partial charge in [0.15, 0.2) is 5.82 Å². The van der Waals surface area contributed by atoms with Crippen LogP contribution in [0.2, 0.25) is 0 Å². The summed E-state index contributed by atoms with van der Waals surface area (Å²) in [5, 5.41) is 5.15. The minimum absolute atomic E-state index is 0.168. The van der Waals surface area contributed by atoms with Crippen molar-refractivity contribution in [3.05, 3.63) is 34.5 Å². The van der Waals surface area contributed by atoms with Gasteiger partial charge in [-0.3, -0.25) is 9.89 Å². The lowest BCUT2D eigenvalue weighted by atomic mass is 10.2. The summed E-state index contributed by atoms with van der Waals surface area (Å²) in [5.74, 6) is -1.36. The first-order chi connectivity index (χ1) is 7.47. The Balaban J connectivity index is 2.43. The molecular formula is C8H5F3N4O. The topological polar surface area (TPSA) is 74.4 Å². The predicted octanol–water partition coefficient (Wildman–Crippen LogP) is 1.18. The van der Waals surface area contributed by atoms with Crippen LogP contribution in [0, 0.1) is 0 Å². The summed E-state index contributed by atoms with van der Waals surface area (Å²) in [7, 11) is 0. The summed E-state index contributed by atoms with van der Waals surface area (Å²) in [6.45, 7) is 0. The molecule has 0 spiro atoms. The third-order valence-corrected chi connectivity index (χ3v) is 1.79. The Bertz CT molecular complexity index is 557. The maximum absolute atomic E-state index is 12.2. The molecule has 0 saturated heterocycles. The van der Waals surface area contributed by atoms with E-state index in [1.807, 2.05) is 0 Å². The van der Waals surface area contributed by atoms with Gasteiger partial charge in [-0.25, -0.2) is 4.98 Å². The number of aromatic amines is 2. The van der Waals surface area contributed by atoms with E-state index in [4.69, 9.17) is 0 Å². The monoisotopic (exact) mass is 230 g/mol. The number of halogens is 3. The zero-order valence-corrected chi connectivity index (χ0v) is 7.67. The number of hydrogen-bond donors (Lipinski definition) is 2. The molecule has 2 heterocycles. The van der Waals surface area contributed by atoms with Crippen molar-refractivity contribution < 1.29 is 13.2 Å².